The molecule has 3 aromatic carbocycles. The van der Waals surface area contributed by atoms with Crippen molar-refractivity contribution >= 4 is 39.3 Å². The van der Waals surface area contributed by atoms with Gasteiger partial charge in [0.1, 0.15) is 24.2 Å². The predicted molar refractivity (Wildman–Crippen MR) is 155 cm³/mol. The number of hydrogen-bond acceptors (Lipinski definition) is 6. The molecule has 0 aliphatic rings. The third kappa shape index (κ3) is 7.76. The number of ether oxygens (including phenoxy) is 1. The van der Waals surface area contributed by atoms with Gasteiger partial charge in [-0.3, -0.25) is 13.9 Å². The molecule has 0 aliphatic heterocycles. The van der Waals surface area contributed by atoms with E-state index < -0.39 is 34.3 Å². The van der Waals surface area contributed by atoms with Crippen LogP contribution < -0.4 is 14.4 Å². The molecule has 11 heteroatoms. The van der Waals surface area contributed by atoms with Gasteiger partial charge in [-0.25, -0.2) is 12.8 Å². The first-order chi connectivity index (χ1) is 19.1. The molecule has 0 unspecified atom stereocenters. The number of benzene rings is 3. The fourth-order valence-corrected chi connectivity index (χ4v) is 5.79. The van der Waals surface area contributed by atoms with Crippen molar-refractivity contribution in [1.82, 2.24) is 10.2 Å². The summed E-state index contributed by atoms with van der Waals surface area (Å²) in [6.45, 7) is 5.40. The van der Waals surface area contributed by atoms with Crippen LogP contribution in [0, 0.1) is 5.82 Å². The van der Waals surface area contributed by atoms with Crippen molar-refractivity contribution in [2.24, 2.45) is 0 Å². The first-order valence-electron chi connectivity index (χ1n) is 12.8. The van der Waals surface area contributed by atoms with Crippen LogP contribution in [0.5, 0.6) is 5.75 Å². The van der Waals surface area contributed by atoms with Crippen LogP contribution in [0.4, 0.5) is 10.1 Å². The maximum Gasteiger partial charge on any atom is 0.264 e. The quantitative estimate of drug-likeness (QED) is 0.292. The smallest absolute Gasteiger partial charge is 0.264 e. The first-order valence-corrected chi connectivity index (χ1v) is 15.5. The maximum absolute atomic E-state index is 13.9. The molecule has 8 nitrogen and oxygen atoms in total. The second-order valence-electron chi connectivity index (χ2n) is 8.83. The van der Waals surface area contributed by atoms with Gasteiger partial charge in [-0.2, -0.15) is 0 Å². The summed E-state index contributed by atoms with van der Waals surface area (Å²) in [4.78, 5) is 28.8. The third-order valence-electron chi connectivity index (χ3n) is 6.15. The Morgan fingerprint density at radius 3 is 2.15 bits per heavy atom. The van der Waals surface area contributed by atoms with Crippen molar-refractivity contribution in [1.29, 1.82) is 0 Å². The predicted octanol–water partition coefficient (Wildman–Crippen LogP) is 4.70. The van der Waals surface area contributed by atoms with Crippen LogP contribution >= 0.6 is 11.8 Å². The van der Waals surface area contributed by atoms with Crippen molar-refractivity contribution in [3.8, 4) is 5.75 Å². The number of hydrogen-bond donors (Lipinski definition) is 1. The molecule has 0 saturated heterocycles. The van der Waals surface area contributed by atoms with E-state index in [1.54, 1.807) is 50.2 Å². The lowest BCUT2D eigenvalue weighted by molar-refractivity contribution is -0.139. The van der Waals surface area contributed by atoms with Crippen LogP contribution in [0.3, 0.4) is 0 Å². The number of amides is 2. The lowest BCUT2D eigenvalue weighted by Gasteiger charge is -2.32. The van der Waals surface area contributed by atoms with E-state index >= 15 is 0 Å². The topological polar surface area (TPSA) is 96.0 Å². The molecule has 0 saturated carbocycles. The number of carbonyl (C=O) groups is 2. The van der Waals surface area contributed by atoms with E-state index in [0.29, 0.717) is 24.5 Å². The Balaban J connectivity index is 2.02. The lowest BCUT2D eigenvalue weighted by Crippen LogP contribution is -2.51. The number of rotatable bonds is 13. The van der Waals surface area contributed by atoms with Crippen molar-refractivity contribution in [3.05, 3.63) is 84.2 Å². The van der Waals surface area contributed by atoms with Gasteiger partial charge < -0.3 is 15.0 Å². The third-order valence-corrected chi connectivity index (χ3v) is 8.68. The maximum atomic E-state index is 13.9. The van der Waals surface area contributed by atoms with Crippen molar-refractivity contribution < 1.29 is 27.1 Å². The van der Waals surface area contributed by atoms with E-state index in [2.05, 4.69) is 5.32 Å². The Hall–Kier alpha value is -3.57. The second kappa shape index (κ2) is 14.2. The van der Waals surface area contributed by atoms with Crippen LogP contribution in [0.25, 0.3) is 0 Å². The average Bonchev–Trinajstić information content (AvgIpc) is 2.96. The molecule has 3 aromatic rings. The van der Waals surface area contributed by atoms with Gasteiger partial charge in [-0.05, 0) is 93.3 Å². The number of likely N-dealkylation sites (N-methyl/N-ethyl adjacent to an activating group) is 1. The highest BCUT2D eigenvalue weighted by molar-refractivity contribution is 7.98. The molecular weight excluding hydrogens is 553 g/mol. The standard InChI is InChI=1S/C29H34FN3O5S2/c1-5-31-29(35)21(3)32(19-22-7-9-23(30)10-8-22)28(34)20-33(24-11-13-25(14-12-24)38-6-2)40(36,37)27-17-15-26(39-4)16-18-27/h7-18,21H,5-6,19-20H2,1-4H3,(H,31,35)/t21-/m1/s1. The number of nitrogens with one attached hydrogen (secondary N) is 1. The summed E-state index contributed by atoms with van der Waals surface area (Å²) in [6, 6.07) is 17.5. The Labute approximate surface area is 239 Å². The molecule has 214 valence electrons. The molecular formula is C29H34FN3O5S2. The van der Waals surface area contributed by atoms with E-state index in [1.807, 2.05) is 13.2 Å². The first kappa shape index (κ1) is 31.0. The molecule has 0 aromatic heterocycles. The summed E-state index contributed by atoms with van der Waals surface area (Å²) < 4.78 is 47.8. The van der Waals surface area contributed by atoms with Crippen molar-refractivity contribution in [3.63, 3.8) is 0 Å². The van der Waals surface area contributed by atoms with E-state index in [4.69, 9.17) is 4.74 Å². The number of sulfonamides is 1. The number of carbonyl (C=O) groups excluding carboxylic acids is 2. The average molecular weight is 588 g/mol. The Morgan fingerprint density at radius 1 is 0.975 bits per heavy atom. The molecule has 0 radical (unpaired) electrons. The van der Waals surface area contributed by atoms with Crippen molar-refractivity contribution in [2.75, 3.05) is 30.3 Å². The molecule has 2 amide bonds. The molecule has 0 aliphatic carbocycles. The van der Waals surface area contributed by atoms with Gasteiger partial charge in [0.25, 0.3) is 10.0 Å². The summed E-state index contributed by atoms with van der Waals surface area (Å²) in [7, 11) is -4.18. The summed E-state index contributed by atoms with van der Waals surface area (Å²) in [5, 5.41) is 2.71. The van der Waals surface area contributed by atoms with Crippen LogP contribution in [0.15, 0.2) is 82.6 Å². The number of nitrogens with zero attached hydrogens (tertiary/aromatic N) is 2. The minimum Gasteiger partial charge on any atom is -0.494 e. The van der Waals surface area contributed by atoms with Gasteiger partial charge >= 0.3 is 0 Å². The summed E-state index contributed by atoms with van der Waals surface area (Å²) >= 11 is 1.48. The Kier molecular flexibility index (Phi) is 11.0. The molecule has 0 fully saturated rings. The molecule has 0 heterocycles. The van der Waals surface area contributed by atoms with Crippen molar-refractivity contribution in [2.45, 2.75) is 43.1 Å². The zero-order valence-corrected chi connectivity index (χ0v) is 24.6. The van der Waals surface area contributed by atoms with Crippen LogP contribution in [-0.2, 0) is 26.2 Å². The van der Waals surface area contributed by atoms with E-state index in [9.17, 15) is 22.4 Å². The van der Waals surface area contributed by atoms with Gasteiger partial charge in [0.2, 0.25) is 11.8 Å². The second-order valence-corrected chi connectivity index (χ2v) is 11.6. The SMILES string of the molecule is CCNC(=O)[C@@H](C)N(Cc1ccc(F)cc1)C(=O)CN(c1ccc(OCC)cc1)S(=O)(=O)c1ccc(SC)cc1. The fraction of sp³-hybridized carbons (Fsp3) is 0.310. The Morgan fingerprint density at radius 2 is 1.60 bits per heavy atom. The van der Waals surface area contributed by atoms with Gasteiger partial charge in [0.15, 0.2) is 0 Å². The molecule has 1 N–H and O–H groups in total. The molecule has 1 atom stereocenters. The minimum atomic E-state index is -4.18. The van der Waals surface area contributed by atoms with Gasteiger partial charge in [0.05, 0.1) is 17.2 Å². The lowest BCUT2D eigenvalue weighted by atomic mass is 10.1. The van der Waals surface area contributed by atoms with Gasteiger partial charge in [0, 0.05) is 18.0 Å². The molecule has 0 bridgehead atoms. The van der Waals surface area contributed by atoms with E-state index in [1.165, 1.54) is 53.1 Å². The normalized spacial score (nSPS) is 11.9. The van der Waals surface area contributed by atoms with Gasteiger partial charge in [-0.1, -0.05) is 12.1 Å². The zero-order chi connectivity index (χ0) is 29.3. The summed E-state index contributed by atoms with van der Waals surface area (Å²) in [5.41, 5.74) is 0.854. The van der Waals surface area contributed by atoms with E-state index in [-0.39, 0.29) is 23.0 Å². The number of halogens is 1. The minimum absolute atomic E-state index is 0.0169. The highest BCUT2D eigenvalue weighted by Crippen LogP contribution is 2.28. The van der Waals surface area contributed by atoms with Crippen LogP contribution in [0.1, 0.15) is 26.3 Å². The number of anilines is 1. The monoisotopic (exact) mass is 587 g/mol. The van der Waals surface area contributed by atoms with Crippen LogP contribution in [-0.4, -0.2) is 57.1 Å². The molecule has 3 rings (SSSR count). The largest absolute Gasteiger partial charge is 0.494 e. The summed E-state index contributed by atoms with van der Waals surface area (Å²) in [6.07, 6.45) is 1.89. The highest BCUT2D eigenvalue weighted by Gasteiger charge is 2.32. The highest BCUT2D eigenvalue weighted by atomic mass is 32.2. The molecule has 40 heavy (non-hydrogen) atoms. The van der Waals surface area contributed by atoms with Gasteiger partial charge in [-0.15, -0.1) is 11.8 Å². The van der Waals surface area contributed by atoms with Crippen LogP contribution in [0.2, 0.25) is 0 Å². The summed E-state index contributed by atoms with van der Waals surface area (Å²) in [5.74, 6) is -0.858. The Bertz CT molecular complexity index is 1380. The van der Waals surface area contributed by atoms with E-state index in [0.717, 1.165) is 9.20 Å². The fourth-order valence-electron chi connectivity index (χ4n) is 3.97. The number of thioether (sulfide) groups is 1. The zero-order valence-electron chi connectivity index (χ0n) is 23.0. The molecule has 0 spiro atoms.